The smallest absolute Gasteiger partial charge is 0.128 e. The Morgan fingerprint density at radius 3 is 2.78 bits per heavy atom. The molecule has 0 aliphatic rings. The van der Waals surface area contributed by atoms with Crippen molar-refractivity contribution in [3.8, 4) is 0 Å². The summed E-state index contributed by atoms with van der Waals surface area (Å²) >= 11 is 1.57. The van der Waals surface area contributed by atoms with Crippen LogP contribution in [0.25, 0.3) is 0 Å². The molecular formula is C13H13F2NOS. The Morgan fingerprint density at radius 1 is 1.28 bits per heavy atom. The number of benzene rings is 1. The molecule has 0 aliphatic heterocycles. The average molecular weight is 269 g/mol. The lowest BCUT2D eigenvalue weighted by molar-refractivity contribution is 0.240. The van der Waals surface area contributed by atoms with E-state index in [0.29, 0.717) is 6.54 Å². The topological polar surface area (TPSA) is 32.3 Å². The van der Waals surface area contributed by atoms with Crippen LogP contribution < -0.4 is 5.32 Å². The van der Waals surface area contributed by atoms with E-state index in [0.717, 1.165) is 23.1 Å². The highest BCUT2D eigenvalue weighted by Crippen LogP contribution is 2.19. The van der Waals surface area contributed by atoms with E-state index in [1.807, 2.05) is 17.5 Å². The first-order valence-electron chi connectivity index (χ1n) is 5.52. The molecule has 0 fully saturated rings. The Morgan fingerprint density at radius 2 is 2.11 bits per heavy atom. The second-order valence-electron chi connectivity index (χ2n) is 3.86. The lowest BCUT2D eigenvalue weighted by Crippen LogP contribution is -2.24. The molecule has 0 aliphatic carbocycles. The van der Waals surface area contributed by atoms with Gasteiger partial charge in [-0.25, -0.2) is 8.78 Å². The van der Waals surface area contributed by atoms with Crippen molar-refractivity contribution in [2.24, 2.45) is 0 Å². The normalized spacial score (nSPS) is 12.6. The van der Waals surface area contributed by atoms with Gasteiger partial charge in [-0.15, -0.1) is 11.3 Å². The maximum absolute atomic E-state index is 13.6. The number of hydrogen-bond acceptors (Lipinski definition) is 3. The van der Waals surface area contributed by atoms with Crippen LogP contribution in [0.5, 0.6) is 0 Å². The molecule has 0 amide bonds. The van der Waals surface area contributed by atoms with E-state index in [1.165, 1.54) is 0 Å². The predicted molar refractivity (Wildman–Crippen MR) is 67.3 cm³/mol. The van der Waals surface area contributed by atoms with E-state index in [4.69, 9.17) is 0 Å². The standard InChI is InChI=1S/C13H13F2NOS/c14-9-3-4-12(15)11(6-9)13(8-17)16-7-10-2-1-5-18-10/h1-6,13,16-17H,7-8H2. The summed E-state index contributed by atoms with van der Waals surface area (Å²) in [6, 6.07) is 6.49. The van der Waals surface area contributed by atoms with E-state index >= 15 is 0 Å². The van der Waals surface area contributed by atoms with Gasteiger partial charge in [-0.2, -0.15) is 0 Å². The zero-order valence-electron chi connectivity index (χ0n) is 9.57. The Hall–Kier alpha value is -1.30. The third kappa shape index (κ3) is 3.13. The molecule has 96 valence electrons. The van der Waals surface area contributed by atoms with Gasteiger partial charge in [0.2, 0.25) is 0 Å². The van der Waals surface area contributed by atoms with Crippen LogP contribution in [0.2, 0.25) is 0 Å². The van der Waals surface area contributed by atoms with Crippen molar-refractivity contribution >= 4 is 11.3 Å². The molecule has 0 radical (unpaired) electrons. The number of nitrogens with one attached hydrogen (secondary N) is 1. The van der Waals surface area contributed by atoms with Crippen molar-refractivity contribution in [1.82, 2.24) is 5.32 Å². The number of hydrogen-bond donors (Lipinski definition) is 2. The number of aliphatic hydroxyl groups is 1. The molecular weight excluding hydrogens is 256 g/mol. The first-order chi connectivity index (χ1) is 8.70. The molecule has 1 atom stereocenters. The van der Waals surface area contributed by atoms with Crippen LogP contribution in [0.15, 0.2) is 35.7 Å². The molecule has 0 bridgehead atoms. The Bertz CT molecular complexity index is 502. The maximum Gasteiger partial charge on any atom is 0.128 e. The summed E-state index contributed by atoms with van der Waals surface area (Å²) in [4.78, 5) is 1.07. The lowest BCUT2D eigenvalue weighted by Gasteiger charge is -2.17. The van der Waals surface area contributed by atoms with E-state index in [1.54, 1.807) is 11.3 Å². The summed E-state index contributed by atoms with van der Waals surface area (Å²) in [7, 11) is 0. The van der Waals surface area contributed by atoms with Crippen LogP contribution in [0.3, 0.4) is 0 Å². The van der Waals surface area contributed by atoms with Gasteiger partial charge in [0.25, 0.3) is 0 Å². The van der Waals surface area contributed by atoms with Crippen LogP contribution in [0.4, 0.5) is 8.78 Å². The SMILES string of the molecule is OCC(NCc1cccs1)c1cc(F)ccc1F. The largest absolute Gasteiger partial charge is 0.394 e. The Kier molecular flexibility index (Phi) is 4.41. The third-order valence-corrected chi connectivity index (χ3v) is 3.50. The van der Waals surface area contributed by atoms with E-state index in [-0.39, 0.29) is 12.2 Å². The summed E-state index contributed by atoms with van der Waals surface area (Å²) in [5.41, 5.74) is 0.147. The predicted octanol–water partition coefficient (Wildman–Crippen LogP) is 2.85. The summed E-state index contributed by atoms with van der Waals surface area (Å²) in [5.74, 6) is -1.03. The van der Waals surface area contributed by atoms with Crippen LogP contribution in [0, 0.1) is 11.6 Å². The fourth-order valence-corrected chi connectivity index (χ4v) is 2.35. The highest BCUT2D eigenvalue weighted by molar-refractivity contribution is 7.09. The molecule has 2 N–H and O–H groups in total. The zero-order chi connectivity index (χ0) is 13.0. The van der Waals surface area contributed by atoms with Crippen molar-refractivity contribution in [2.45, 2.75) is 12.6 Å². The molecule has 0 saturated heterocycles. The number of thiophene rings is 1. The number of halogens is 2. The van der Waals surface area contributed by atoms with Crippen LogP contribution >= 0.6 is 11.3 Å². The van der Waals surface area contributed by atoms with Gasteiger partial charge in [0.1, 0.15) is 11.6 Å². The highest BCUT2D eigenvalue weighted by Gasteiger charge is 2.15. The fraction of sp³-hybridized carbons (Fsp3) is 0.231. The second kappa shape index (κ2) is 6.04. The molecule has 1 unspecified atom stereocenters. The zero-order valence-corrected chi connectivity index (χ0v) is 10.4. The summed E-state index contributed by atoms with van der Waals surface area (Å²) in [6.45, 7) is 0.227. The average Bonchev–Trinajstić information content (AvgIpc) is 2.87. The van der Waals surface area contributed by atoms with E-state index in [9.17, 15) is 13.9 Å². The molecule has 1 heterocycles. The van der Waals surface area contributed by atoms with Crippen LogP contribution in [0.1, 0.15) is 16.5 Å². The summed E-state index contributed by atoms with van der Waals surface area (Å²) in [5, 5.41) is 14.2. The quantitative estimate of drug-likeness (QED) is 0.875. The Balaban J connectivity index is 2.10. The minimum Gasteiger partial charge on any atom is -0.394 e. The van der Waals surface area contributed by atoms with Gasteiger partial charge in [0.15, 0.2) is 0 Å². The van der Waals surface area contributed by atoms with E-state index in [2.05, 4.69) is 5.32 Å². The first kappa shape index (κ1) is 13.1. The van der Waals surface area contributed by atoms with Gasteiger partial charge in [0, 0.05) is 17.0 Å². The van der Waals surface area contributed by atoms with Crippen molar-refractivity contribution in [1.29, 1.82) is 0 Å². The van der Waals surface area contributed by atoms with Crippen LogP contribution in [-0.2, 0) is 6.54 Å². The van der Waals surface area contributed by atoms with Crippen molar-refractivity contribution < 1.29 is 13.9 Å². The van der Waals surface area contributed by atoms with Gasteiger partial charge < -0.3 is 10.4 Å². The minimum absolute atomic E-state index is 0.147. The number of rotatable bonds is 5. The van der Waals surface area contributed by atoms with Gasteiger partial charge in [0.05, 0.1) is 12.6 Å². The van der Waals surface area contributed by atoms with Gasteiger partial charge in [-0.05, 0) is 29.6 Å². The molecule has 1 aromatic heterocycles. The van der Waals surface area contributed by atoms with Gasteiger partial charge in [-0.3, -0.25) is 0 Å². The van der Waals surface area contributed by atoms with Crippen molar-refractivity contribution in [3.05, 3.63) is 57.8 Å². The minimum atomic E-state index is -0.609. The monoisotopic (exact) mass is 269 g/mol. The van der Waals surface area contributed by atoms with Crippen molar-refractivity contribution in [3.63, 3.8) is 0 Å². The second-order valence-corrected chi connectivity index (χ2v) is 4.89. The Labute approximate surface area is 108 Å². The molecule has 2 rings (SSSR count). The van der Waals surface area contributed by atoms with Crippen LogP contribution in [-0.4, -0.2) is 11.7 Å². The summed E-state index contributed by atoms with van der Waals surface area (Å²) < 4.78 is 26.6. The van der Waals surface area contributed by atoms with Gasteiger partial charge >= 0.3 is 0 Å². The van der Waals surface area contributed by atoms with Crippen molar-refractivity contribution in [2.75, 3.05) is 6.61 Å². The highest BCUT2D eigenvalue weighted by atomic mass is 32.1. The number of aliphatic hydroxyl groups excluding tert-OH is 1. The fourth-order valence-electron chi connectivity index (χ4n) is 1.69. The van der Waals surface area contributed by atoms with E-state index < -0.39 is 17.7 Å². The lowest BCUT2D eigenvalue weighted by atomic mass is 10.1. The maximum atomic E-state index is 13.6. The molecule has 1 aromatic carbocycles. The molecule has 2 nitrogen and oxygen atoms in total. The molecule has 2 aromatic rings. The molecule has 5 heteroatoms. The first-order valence-corrected chi connectivity index (χ1v) is 6.40. The molecule has 0 spiro atoms. The van der Waals surface area contributed by atoms with Gasteiger partial charge in [-0.1, -0.05) is 6.07 Å². The molecule has 18 heavy (non-hydrogen) atoms. The molecule has 0 saturated carbocycles. The third-order valence-electron chi connectivity index (χ3n) is 2.62. The summed E-state index contributed by atoms with van der Waals surface area (Å²) in [6.07, 6.45) is 0.